The molecule has 0 saturated heterocycles. The number of para-hydroxylation sites is 1. The fourth-order valence-corrected chi connectivity index (χ4v) is 4.23. The zero-order chi connectivity index (χ0) is 27.1. The van der Waals surface area contributed by atoms with Crippen molar-refractivity contribution in [1.29, 1.82) is 0 Å². The number of carbonyl (C=O) groups is 2. The van der Waals surface area contributed by atoms with E-state index in [1.54, 1.807) is 48.5 Å². The Kier molecular flexibility index (Phi) is 8.47. The highest BCUT2D eigenvalue weighted by Crippen LogP contribution is 2.13. The second-order valence-corrected chi connectivity index (χ2v) is 8.99. The van der Waals surface area contributed by atoms with E-state index in [1.807, 2.05) is 0 Å². The summed E-state index contributed by atoms with van der Waals surface area (Å²) in [5.74, 6) is -1.15. The smallest absolute Gasteiger partial charge is 0.336 e. The van der Waals surface area contributed by atoms with Gasteiger partial charge in [0.2, 0.25) is 11.8 Å². The van der Waals surface area contributed by atoms with Gasteiger partial charge in [-0.25, -0.2) is 13.8 Å². The monoisotopic (exact) mass is 516 g/mol. The number of nitrogens with zero attached hydrogens (tertiary/aromatic N) is 2. The van der Waals surface area contributed by atoms with E-state index in [4.69, 9.17) is 0 Å². The Labute approximate surface area is 218 Å². The maximum absolute atomic E-state index is 13.5. The molecule has 0 atom stereocenters. The first kappa shape index (κ1) is 26.5. The Balaban J connectivity index is 1.62. The largest absolute Gasteiger partial charge is 0.356 e. The minimum Gasteiger partial charge on any atom is -0.356 e. The van der Waals surface area contributed by atoms with Crippen LogP contribution in [-0.4, -0.2) is 27.5 Å². The molecule has 3 aromatic carbocycles. The third-order valence-electron chi connectivity index (χ3n) is 6.12. The molecule has 0 aliphatic heterocycles. The summed E-state index contributed by atoms with van der Waals surface area (Å²) in [6, 6.07) is 18.6. The average Bonchev–Trinajstić information content (AvgIpc) is 2.90. The van der Waals surface area contributed by atoms with E-state index in [9.17, 15) is 23.6 Å². The predicted octanol–water partition coefficient (Wildman–Crippen LogP) is 3.78. The highest BCUT2D eigenvalue weighted by Gasteiger charge is 2.17. The Morgan fingerprint density at radius 3 is 2.39 bits per heavy atom. The Morgan fingerprint density at radius 2 is 1.66 bits per heavy atom. The first-order valence-corrected chi connectivity index (χ1v) is 12.5. The topological polar surface area (TPSA) is 102 Å². The Bertz CT molecular complexity index is 1570. The van der Waals surface area contributed by atoms with Gasteiger partial charge >= 0.3 is 5.69 Å². The molecule has 0 aliphatic carbocycles. The van der Waals surface area contributed by atoms with E-state index in [1.165, 1.54) is 28.8 Å². The SMILES string of the molecule is CCCCCNC(=O)Cc1ccc(-n2c(=O)c3ccccc3n(CC(=O)Nc3cccc(F)c3)c2=O)cc1. The number of anilines is 1. The first-order valence-electron chi connectivity index (χ1n) is 12.5. The maximum Gasteiger partial charge on any atom is 0.336 e. The van der Waals surface area contributed by atoms with Gasteiger partial charge in [0.25, 0.3) is 5.56 Å². The zero-order valence-corrected chi connectivity index (χ0v) is 21.1. The second-order valence-electron chi connectivity index (χ2n) is 8.99. The van der Waals surface area contributed by atoms with Crippen LogP contribution in [-0.2, 0) is 22.6 Å². The van der Waals surface area contributed by atoms with Crippen LogP contribution in [0.3, 0.4) is 0 Å². The van der Waals surface area contributed by atoms with Gasteiger partial charge in [0.1, 0.15) is 12.4 Å². The summed E-state index contributed by atoms with van der Waals surface area (Å²) in [4.78, 5) is 51.8. The number of amides is 2. The molecule has 196 valence electrons. The molecular weight excluding hydrogens is 487 g/mol. The highest BCUT2D eigenvalue weighted by atomic mass is 19.1. The molecule has 0 bridgehead atoms. The van der Waals surface area contributed by atoms with Crippen LogP contribution in [0.25, 0.3) is 16.6 Å². The zero-order valence-electron chi connectivity index (χ0n) is 21.1. The van der Waals surface area contributed by atoms with E-state index in [-0.39, 0.29) is 29.9 Å². The summed E-state index contributed by atoms with van der Waals surface area (Å²) in [5, 5.41) is 5.74. The van der Waals surface area contributed by atoms with Crippen molar-refractivity contribution in [2.75, 3.05) is 11.9 Å². The minimum absolute atomic E-state index is 0.0941. The Morgan fingerprint density at radius 1 is 0.895 bits per heavy atom. The van der Waals surface area contributed by atoms with Crippen molar-refractivity contribution in [2.24, 2.45) is 0 Å². The lowest BCUT2D eigenvalue weighted by molar-refractivity contribution is -0.120. The molecule has 2 N–H and O–H groups in total. The van der Waals surface area contributed by atoms with Crippen molar-refractivity contribution in [1.82, 2.24) is 14.5 Å². The fourth-order valence-electron chi connectivity index (χ4n) is 4.23. The van der Waals surface area contributed by atoms with Crippen LogP contribution < -0.4 is 21.9 Å². The van der Waals surface area contributed by atoms with Gasteiger partial charge in [-0.1, -0.05) is 50.1 Å². The molecule has 38 heavy (non-hydrogen) atoms. The van der Waals surface area contributed by atoms with E-state index in [0.717, 1.165) is 29.4 Å². The molecule has 2 amide bonds. The van der Waals surface area contributed by atoms with Crippen LogP contribution in [0.2, 0.25) is 0 Å². The molecule has 9 heteroatoms. The number of aromatic nitrogens is 2. The van der Waals surface area contributed by atoms with Crippen LogP contribution >= 0.6 is 0 Å². The van der Waals surface area contributed by atoms with Crippen LogP contribution in [0.5, 0.6) is 0 Å². The molecule has 0 aliphatic rings. The first-order chi connectivity index (χ1) is 18.4. The summed E-state index contributed by atoms with van der Waals surface area (Å²) < 4.78 is 15.7. The van der Waals surface area contributed by atoms with E-state index < -0.39 is 23.0 Å². The lowest BCUT2D eigenvalue weighted by Gasteiger charge is -2.14. The normalized spacial score (nSPS) is 10.9. The van der Waals surface area contributed by atoms with Gasteiger partial charge in [-0.3, -0.25) is 19.0 Å². The van der Waals surface area contributed by atoms with Crippen molar-refractivity contribution in [3.8, 4) is 5.69 Å². The van der Waals surface area contributed by atoms with E-state index in [2.05, 4.69) is 17.6 Å². The number of fused-ring (bicyclic) bond motifs is 1. The molecule has 0 saturated carbocycles. The summed E-state index contributed by atoms with van der Waals surface area (Å²) in [7, 11) is 0. The highest BCUT2D eigenvalue weighted by molar-refractivity contribution is 5.91. The Hall–Kier alpha value is -4.53. The number of unbranched alkanes of at least 4 members (excludes halogenated alkanes) is 2. The lowest BCUT2D eigenvalue weighted by Crippen LogP contribution is -2.40. The van der Waals surface area contributed by atoms with E-state index >= 15 is 0 Å². The van der Waals surface area contributed by atoms with E-state index in [0.29, 0.717) is 17.7 Å². The van der Waals surface area contributed by atoms with Crippen molar-refractivity contribution in [3.63, 3.8) is 0 Å². The van der Waals surface area contributed by atoms with Gasteiger partial charge < -0.3 is 10.6 Å². The number of halogens is 1. The van der Waals surface area contributed by atoms with Crippen molar-refractivity contribution in [2.45, 2.75) is 39.2 Å². The quantitative estimate of drug-likeness (QED) is 0.313. The van der Waals surface area contributed by atoms with Crippen molar-refractivity contribution < 1.29 is 14.0 Å². The fraction of sp³-hybridized carbons (Fsp3) is 0.241. The van der Waals surface area contributed by atoms with Gasteiger partial charge in [0, 0.05) is 12.2 Å². The van der Waals surface area contributed by atoms with Crippen molar-refractivity contribution >= 4 is 28.4 Å². The third kappa shape index (κ3) is 6.23. The summed E-state index contributed by atoms with van der Waals surface area (Å²) in [6.07, 6.45) is 3.24. The van der Waals surface area contributed by atoms with Crippen LogP contribution in [0.1, 0.15) is 31.7 Å². The molecule has 8 nitrogen and oxygen atoms in total. The number of benzene rings is 3. The lowest BCUT2D eigenvalue weighted by atomic mass is 10.1. The summed E-state index contributed by atoms with van der Waals surface area (Å²) >= 11 is 0. The summed E-state index contributed by atoms with van der Waals surface area (Å²) in [6.45, 7) is 2.34. The van der Waals surface area contributed by atoms with Gasteiger partial charge in [-0.2, -0.15) is 0 Å². The van der Waals surface area contributed by atoms with Gasteiger partial charge in [0.05, 0.1) is 23.0 Å². The molecule has 1 heterocycles. The number of hydrogen-bond donors (Lipinski definition) is 2. The van der Waals surface area contributed by atoms with Gasteiger partial charge in [-0.05, 0) is 54.4 Å². The number of carbonyl (C=O) groups excluding carboxylic acids is 2. The molecule has 0 unspecified atom stereocenters. The second kappa shape index (κ2) is 12.1. The molecular formula is C29H29FN4O4. The van der Waals surface area contributed by atoms with Gasteiger partial charge in [-0.15, -0.1) is 0 Å². The van der Waals surface area contributed by atoms with Crippen LogP contribution in [0, 0.1) is 5.82 Å². The number of hydrogen-bond acceptors (Lipinski definition) is 4. The van der Waals surface area contributed by atoms with Crippen molar-refractivity contribution in [3.05, 3.63) is 105 Å². The van der Waals surface area contributed by atoms with Crippen LogP contribution in [0.4, 0.5) is 10.1 Å². The third-order valence-corrected chi connectivity index (χ3v) is 6.12. The average molecular weight is 517 g/mol. The predicted molar refractivity (Wildman–Crippen MR) is 145 cm³/mol. The molecule has 4 rings (SSSR count). The molecule has 4 aromatic rings. The van der Waals surface area contributed by atoms with Gasteiger partial charge in [0.15, 0.2) is 0 Å². The summed E-state index contributed by atoms with van der Waals surface area (Å²) in [5.41, 5.74) is 0.413. The van der Waals surface area contributed by atoms with Crippen LogP contribution in [0.15, 0.2) is 82.4 Å². The standard InChI is InChI=1S/C29H29FN4O4/c1-2-3-6-16-31-26(35)17-20-12-14-23(15-13-20)34-28(37)24-10-4-5-11-25(24)33(29(34)38)19-27(36)32-22-9-7-8-21(30)18-22/h4-5,7-15,18H,2-3,6,16-17,19H2,1H3,(H,31,35)(H,32,36). The number of nitrogens with one attached hydrogen (secondary N) is 2. The molecule has 0 spiro atoms. The number of rotatable bonds is 10. The molecule has 1 aromatic heterocycles. The molecule has 0 radical (unpaired) electrons. The molecule has 0 fully saturated rings. The maximum atomic E-state index is 13.5. The minimum atomic E-state index is -0.690.